The van der Waals surface area contributed by atoms with Crippen molar-refractivity contribution in [3.8, 4) is 5.69 Å². The number of nitrogens with one attached hydrogen (secondary N) is 1. The molecule has 132 valence electrons. The van der Waals surface area contributed by atoms with Crippen LogP contribution in [-0.4, -0.2) is 41.0 Å². The van der Waals surface area contributed by atoms with Crippen LogP contribution < -0.4 is 10.2 Å². The summed E-state index contributed by atoms with van der Waals surface area (Å²) in [7, 11) is 0. The summed E-state index contributed by atoms with van der Waals surface area (Å²) in [6.07, 6.45) is -2.28. The number of benzene rings is 1. The maximum Gasteiger partial charge on any atom is 0.414 e. The van der Waals surface area contributed by atoms with Gasteiger partial charge in [0, 0.05) is 18.8 Å². The summed E-state index contributed by atoms with van der Waals surface area (Å²) in [5.74, 6) is -0.201. The van der Waals surface area contributed by atoms with Gasteiger partial charge < -0.3 is 10.1 Å². The molecule has 1 aliphatic heterocycles. The van der Waals surface area contributed by atoms with Gasteiger partial charge in [0.2, 0.25) is 5.91 Å². The Hall–Kier alpha value is -2.97. The van der Waals surface area contributed by atoms with Gasteiger partial charge in [-0.15, -0.1) is 0 Å². The van der Waals surface area contributed by atoms with Crippen LogP contribution in [0.5, 0.6) is 0 Å². The van der Waals surface area contributed by atoms with Crippen molar-refractivity contribution < 1.29 is 23.1 Å². The average Bonchev–Trinajstić information content (AvgIpc) is 3.20. The quantitative estimate of drug-likeness (QED) is 0.897. The lowest BCUT2D eigenvalue weighted by Gasteiger charge is -2.14. The molecule has 1 N–H and O–H groups in total. The molecule has 1 fully saturated rings. The molecule has 0 unspecified atom stereocenters. The molecule has 3 rings (SSSR count). The zero-order valence-electron chi connectivity index (χ0n) is 13.4. The molecule has 1 atom stereocenters. The van der Waals surface area contributed by atoms with Crippen molar-refractivity contribution in [1.29, 1.82) is 0 Å². The summed E-state index contributed by atoms with van der Waals surface area (Å²) in [6, 6.07) is 7.72. The summed E-state index contributed by atoms with van der Waals surface area (Å²) < 4.78 is 32.2. The highest BCUT2D eigenvalue weighted by Crippen LogP contribution is 2.25. The Morgan fingerprint density at radius 3 is 2.64 bits per heavy atom. The van der Waals surface area contributed by atoms with E-state index in [9.17, 15) is 18.4 Å². The zero-order valence-corrected chi connectivity index (χ0v) is 13.4. The zero-order chi connectivity index (χ0) is 18.0. The minimum absolute atomic E-state index is 0.201. The Balaban J connectivity index is 1.73. The number of anilines is 1. The molecule has 0 radical (unpaired) electrons. The van der Waals surface area contributed by atoms with Crippen LogP contribution in [0.2, 0.25) is 0 Å². The third kappa shape index (κ3) is 3.59. The Labute approximate surface area is 142 Å². The van der Waals surface area contributed by atoms with Crippen molar-refractivity contribution in [2.45, 2.75) is 19.5 Å². The lowest BCUT2D eigenvalue weighted by atomic mass is 10.2. The van der Waals surface area contributed by atoms with Crippen LogP contribution in [-0.2, 0) is 9.53 Å². The summed E-state index contributed by atoms with van der Waals surface area (Å²) in [5, 5.41) is 6.49. The second kappa shape index (κ2) is 6.88. The molecule has 2 amide bonds. The topological polar surface area (TPSA) is 76.5 Å². The minimum Gasteiger partial charge on any atom is -0.442 e. The van der Waals surface area contributed by atoms with Crippen molar-refractivity contribution in [3.63, 3.8) is 0 Å². The second-order valence-corrected chi connectivity index (χ2v) is 5.54. The van der Waals surface area contributed by atoms with Crippen LogP contribution >= 0.6 is 0 Å². The van der Waals surface area contributed by atoms with Gasteiger partial charge in [0.15, 0.2) is 0 Å². The summed E-state index contributed by atoms with van der Waals surface area (Å²) in [6.45, 7) is 1.92. The lowest BCUT2D eigenvalue weighted by Crippen LogP contribution is -2.33. The van der Waals surface area contributed by atoms with Crippen LogP contribution in [0.15, 0.2) is 36.5 Å². The third-order valence-electron chi connectivity index (χ3n) is 3.75. The fourth-order valence-corrected chi connectivity index (χ4v) is 2.56. The molecule has 0 aliphatic carbocycles. The molecule has 0 bridgehead atoms. The summed E-state index contributed by atoms with van der Waals surface area (Å²) >= 11 is 0. The van der Waals surface area contributed by atoms with Gasteiger partial charge in [-0.3, -0.25) is 9.69 Å². The Kier molecular flexibility index (Phi) is 4.64. The van der Waals surface area contributed by atoms with E-state index in [-0.39, 0.29) is 18.1 Å². The molecule has 9 heteroatoms. The number of carbonyl (C=O) groups is 2. The largest absolute Gasteiger partial charge is 0.442 e. The first kappa shape index (κ1) is 16.9. The SMILES string of the molecule is CC(=O)NC[C@H]1CN(c2ccc(-n3nccc3C(F)F)cc2)C(=O)O1. The molecule has 1 saturated heterocycles. The molecule has 2 aromatic rings. The van der Waals surface area contributed by atoms with Crippen LogP contribution in [0.4, 0.5) is 19.3 Å². The number of nitrogens with zero attached hydrogens (tertiary/aromatic N) is 3. The number of halogens is 2. The van der Waals surface area contributed by atoms with E-state index >= 15 is 0 Å². The summed E-state index contributed by atoms with van der Waals surface area (Å²) in [5.41, 5.74) is 0.833. The number of rotatable bonds is 5. The van der Waals surface area contributed by atoms with Crippen LogP contribution in [0, 0.1) is 0 Å². The molecule has 2 heterocycles. The number of cyclic esters (lactones) is 1. The van der Waals surface area contributed by atoms with E-state index in [0.717, 1.165) is 4.68 Å². The number of hydrogen-bond donors (Lipinski definition) is 1. The van der Waals surface area contributed by atoms with Gasteiger partial charge in [-0.1, -0.05) is 0 Å². The normalized spacial score (nSPS) is 17.0. The molecular weight excluding hydrogens is 334 g/mol. The highest BCUT2D eigenvalue weighted by Gasteiger charge is 2.32. The molecule has 1 aromatic carbocycles. The van der Waals surface area contributed by atoms with E-state index in [2.05, 4.69) is 10.4 Å². The van der Waals surface area contributed by atoms with E-state index in [1.165, 1.54) is 24.1 Å². The van der Waals surface area contributed by atoms with Crippen molar-refractivity contribution in [2.24, 2.45) is 0 Å². The van der Waals surface area contributed by atoms with Gasteiger partial charge in [0.25, 0.3) is 6.43 Å². The molecule has 7 nitrogen and oxygen atoms in total. The average molecular weight is 350 g/mol. The van der Waals surface area contributed by atoms with E-state index < -0.39 is 18.6 Å². The lowest BCUT2D eigenvalue weighted by molar-refractivity contribution is -0.119. The number of aromatic nitrogens is 2. The standard InChI is InChI=1S/C16H16F2N4O3/c1-10(23)19-8-13-9-21(16(24)25-13)11-2-4-12(5-3-11)22-14(15(17)18)6-7-20-22/h2-7,13,15H,8-9H2,1H3,(H,19,23)/t13-/m0/s1. The fraction of sp³-hybridized carbons (Fsp3) is 0.312. The maximum atomic E-state index is 12.9. The predicted octanol–water partition coefficient (Wildman–Crippen LogP) is 2.27. The molecular formula is C16H16F2N4O3. The Morgan fingerprint density at radius 2 is 2.00 bits per heavy atom. The van der Waals surface area contributed by atoms with Gasteiger partial charge in [-0.25, -0.2) is 18.3 Å². The second-order valence-electron chi connectivity index (χ2n) is 5.54. The Bertz CT molecular complexity index is 776. The van der Waals surface area contributed by atoms with E-state index in [0.29, 0.717) is 17.9 Å². The van der Waals surface area contributed by atoms with Gasteiger partial charge in [-0.05, 0) is 30.3 Å². The van der Waals surface area contributed by atoms with Gasteiger partial charge in [0.1, 0.15) is 11.8 Å². The van der Waals surface area contributed by atoms with Crippen molar-refractivity contribution >= 4 is 17.7 Å². The van der Waals surface area contributed by atoms with Crippen molar-refractivity contribution in [1.82, 2.24) is 15.1 Å². The van der Waals surface area contributed by atoms with E-state index in [1.807, 2.05) is 0 Å². The molecule has 1 aromatic heterocycles. The van der Waals surface area contributed by atoms with Crippen LogP contribution in [0.3, 0.4) is 0 Å². The smallest absolute Gasteiger partial charge is 0.414 e. The van der Waals surface area contributed by atoms with Crippen LogP contribution in [0.25, 0.3) is 5.69 Å². The molecule has 0 spiro atoms. The molecule has 1 aliphatic rings. The minimum atomic E-state index is -2.63. The summed E-state index contributed by atoms with van der Waals surface area (Å²) in [4.78, 5) is 24.3. The predicted molar refractivity (Wildman–Crippen MR) is 84.8 cm³/mol. The number of amides is 2. The van der Waals surface area contributed by atoms with Gasteiger partial charge in [0.05, 0.1) is 18.8 Å². The fourth-order valence-electron chi connectivity index (χ4n) is 2.56. The first-order valence-electron chi connectivity index (χ1n) is 7.61. The maximum absolute atomic E-state index is 12.9. The number of alkyl halides is 2. The number of carbonyl (C=O) groups excluding carboxylic acids is 2. The van der Waals surface area contributed by atoms with Gasteiger partial charge in [-0.2, -0.15) is 5.10 Å². The van der Waals surface area contributed by atoms with Crippen molar-refractivity contribution in [2.75, 3.05) is 18.0 Å². The van der Waals surface area contributed by atoms with E-state index in [1.54, 1.807) is 24.3 Å². The number of hydrogen-bond acceptors (Lipinski definition) is 4. The first-order chi connectivity index (χ1) is 12.0. The molecule has 25 heavy (non-hydrogen) atoms. The van der Waals surface area contributed by atoms with Crippen molar-refractivity contribution in [3.05, 3.63) is 42.2 Å². The Morgan fingerprint density at radius 1 is 1.32 bits per heavy atom. The van der Waals surface area contributed by atoms with Gasteiger partial charge >= 0.3 is 6.09 Å². The number of ether oxygens (including phenoxy) is 1. The molecule has 0 saturated carbocycles. The third-order valence-corrected chi connectivity index (χ3v) is 3.75. The highest BCUT2D eigenvalue weighted by molar-refractivity contribution is 5.90. The monoisotopic (exact) mass is 350 g/mol. The van der Waals surface area contributed by atoms with Crippen LogP contribution in [0.1, 0.15) is 19.0 Å². The van der Waals surface area contributed by atoms with E-state index in [4.69, 9.17) is 4.74 Å². The first-order valence-corrected chi connectivity index (χ1v) is 7.61. The highest BCUT2D eigenvalue weighted by atomic mass is 19.3.